The lowest BCUT2D eigenvalue weighted by Crippen LogP contribution is -2.10. The second kappa shape index (κ2) is 5.54. The minimum Gasteiger partial charge on any atom is -0.368 e. The SMILES string of the molecule is CCOC(O)CCC#N. The van der Waals surface area contributed by atoms with Crippen molar-refractivity contribution >= 4 is 0 Å². The number of hydrogen-bond acceptors (Lipinski definition) is 3. The molecule has 0 aliphatic heterocycles. The van der Waals surface area contributed by atoms with Gasteiger partial charge in [0.05, 0.1) is 6.07 Å². The second-order valence-corrected chi connectivity index (χ2v) is 1.61. The van der Waals surface area contributed by atoms with E-state index >= 15 is 0 Å². The number of aliphatic hydroxyl groups excluding tert-OH is 1. The van der Waals surface area contributed by atoms with Crippen LogP contribution in [0.15, 0.2) is 0 Å². The maximum absolute atomic E-state index is 8.81. The van der Waals surface area contributed by atoms with Gasteiger partial charge in [0.2, 0.25) is 0 Å². The van der Waals surface area contributed by atoms with Gasteiger partial charge in [0, 0.05) is 19.4 Å². The fourth-order valence-corrected chi connectivity index (χ4v) is 0.464. The fourth-order valence-electron chi connectivity index (χ4n) is 0.464. The summed E-state index contributed by atoms with van der Waals surface area (Å²) in [5.74, 6) is 0. The highest BCUT2D eigenvalue weighted by molar-refractivity contribution is 4.68. The van der Waals surface area contributed by atoms with Crippen LogP contribution in [0.2, 0.25) is 0 Å². The van der Waals surface area contributed by atoms with Crippen LogP contribution in [-0.4, -0.2) is 18.0 Å². The monoisotopic (exact) mass is 129 g/mol. The van der Waals surface area contributed by atoms with E-state index in [1.165, 1.54) is 0 Å². The summed E-state index contributed by atoms with van der Waals surface area (Å²) in [5.41, 5.74) is 0. The Morgan fingerprint density at radius 1 is 1.78 bits per heavy atom. The molecule has 9 heavy (non-hydrogen) atoms. The summed E-state index contributed by atoms with van der Waals surface area (Å²) in [6.07, 6.45) is 0.000509. The molecule has 0 aliphatic carbocycles. The summed E-state index contributed by atoms with van der Waals surface area (Å²) in [4.78, 5) is 0. The molecule has 0 heterocycles. The smallest absolute Gasteiger partial charge is 0.155 e. The van der Waals surface area contributed by atoms with Gasteiger partial charge in [-0.15, -0.1) is 0 Å². The molecule has 1 unspecified atom stereocenters. The largest absolute Gasteiger partial charge is 0.368 e. The summed E-state index contributed by atoms with van der Waals surface area (Å²) in [5, 5.41) is 16.9. The maximum Gasteiger partial charge on any atom is 0.155 e. The first kappa shape index (κ1) is 8.41. The van der Waals surface area contributed by atoms with Gasteiger partial charge in [0.25, 0.3) is 0 Å². The number of nitriles is 1. The van der Waals surface area contributed by atoms with Crippen molar-refractivity contribution in [2.75, 3.05) is 6.61 Å². The molecule has 0 fully saturated rings. The minimum atomic E-state index is -0.755. The van der Waals surface area contributed by atoms with Crippen molar-refractivity contribution in [3.05, 3.63) is 0 Å². The average molecular weight is 129 g/mol. The van der Waals surface area contributed by atoms with Crippen molar-refractivity contribution in [1.82, 2.24) is 0 Å². The van der Waals surface area contributed by atoms with Crippen LogP contribution in [0.4, 0.5) is 0 Å². The predicted molar refractivity (Wildman–Crippen MR) is 32.5 cm³/mol. The molecule has 0 aromatic heterocycles. The summed E-state index contributed by atoms with van der Waals surface area (Å²) < 4.78 is 4.75. The van der Waals surface area contributed by atoms with Crippen molar-refractivity contribution in [3.63, 3.8) is 0 Å². The first-order valence-electron chi connectivity index (χ1n) is 2.98. The molecule has 0 bridgehead atoms. The van der Waals surface area contributed by atoms with Crippen LogP contribution in [0.1, 0.15) is 19.8 Å². The zero-order chi connectivity index (χ0) is 7.11. The van der Waals surface area contributed by atoms with E-state index in [2.05, 4.69) is 0 Å². The molecule has 52 valence electrons. The molecule has 0 aliphatic rings. The molecule has 0 aromatic carbocycles. The highest BCUT2D eigenvalue weighted by Crippen LogP contribution is 1.96. The lowest BCUT2D eigenvalue weighted by atomic mass is 10.3. The van der Waals surface area contributed by atoms with Crippen LogP contribution in [0.25, 0.3) is 0 Å². The van der Waals surface area contributed by atoms with Gasteiger partial charge in [0.1, 0.15) is 0 Å². The van der Waals surface area contributed by atoms with E-state index in [0.717, 1.165) is 0 Å². The topological polar surface area (TPSA) is 53.2 Å². The molecule has 0 saturated heterocycles. The van der Waals surface area contributed by atoms with Crippen molar-refractivity contribution in [3.8, 4) is 6.07 Å². The number of nitrogens with zero attached hydrogens (tertiary/aromatic N) is 1. The Kier molecular flexibility index (Phi) is 5.18. The number of rotatable bonds is 4. The van der Waals surface area contributed by atoms with Gasteiger partial charge in [-0.05, 0) is 6.92 Å². The van der Waals surface area contributed by atoms with E-state index in [9.17, 15) is 0 Å². The fraction of sp³-hybridized carbons (Fsp3) is 0.833. The van der Waals surface area contributed by atoms with Gasteiger partial charge < -0.3 is 9.84 Å². The predicted octanol–water partition coefficient (Wildman–Crippen LogP) is 0.645. The standard InChI is InChI=1S/C6H11NO2/c1-2-9-6(8)4-3-5-7/h6,8H,2-4H2,1H3. The third kappa shape index (κ3) is 5.28. The van der Waals surface area contributed by atoms with Crippen molar-refractivity contribution in [2.45, 2.75) is 26.1 Å². The van der Waals surface area contributed by atoms with Gasteiger partial charge in [-0.25, -0.2) is 0 Å². The van der Waals surface area contributed by atoms with Crippen molar-refractivity contribution < 1.29 is 9.84 Å². The van der Waals surface area contributed by atoms with E-state index in [0.29, 0.717) is 19.4 Å². The van der Waals surface area contributed by atoms with E-state index in [4.69, 9.17) is 15.1 Å². The molecule has 0 radical (unpaired) electrons. The highest BCUT2D eigenvalue weighted by atomic mass is 16.6. The lowest BCUT2D eigenvalue weighted by Gasteiger charge is -2.06. The molecule has 0 saturated carbocycles. The normalized spacial score (nSPS) is 12.6. The molecule has 0 amide bonds. The zero-order valence-electron chi connectivity index (χ0n) is 5.50. The minimum absolute atomic E-state index is 0.348. The molecule has 1 N–H and O–H groups in total. The van der Waals surface area contributed by atoms with E-state index < -0.39 is 6.29 Å². The van der Waals surface area contributed by atoms with Crippen LogP contribution in [0.3, 0.4) is 0 Å². The van der Waals surface area contributed by atoms with Crippen LogP contribution in [0, 0.1) is 11.3 Å². The van der Waals surface area contributed by atoms with Gasteiger partial charge in [0.15, 0.2) is 6.29 Å². The Hall–Kier alpha value is -0.590. The van der Waals surface area contributed by atoms with Crippen LogP contribution >= 0.6 is 0 Å². The van der Waals surface area contributed by atoms with Gasteiger partial charge in [-0.3, -0.25) is 0 Å². The lowest BCUT2D eigenvalue weighted by molar-refractivity contribution is -0.0974. The van der Waals surface area contributed by atoms with Crippen LogP contribution in [-0.2, 0) is 4.74 Å². The zero-order valence-corrected chi connectivity index (χ0v) is 5.50. The Balaban J connectivity index is 3.07. The van der Waals surface area contributed by atoms with Crippen molar-refractivity contribution in [2.24, 2.45) is 0 Å². The third-order valence-electron chi connectivity index (χ3n) is 0.862. The van der Waals surface area contributed by atoms with Gasteiger partial charge >= 0.3 is 0 Å². The van der Waals surface area contributed by atoms with Crippen LogP contribution < -0.4 is 0 Å². The molecular weight excluding hydrogens is 118 g/mol. The summed E-state index contributed by atoms with van der Waals surface area (Å²) >= 11 is 0. The van der Waals surface area contributed by atoms with Crippen molar-refractivity contribution in [1.29, 1.82) is 5.26 Å². The number of aliphatic hydroxyl groups is 1. The Morgan fingerprint density at radius 3 is 2.89 bits per heavy atom. The van der Waals surface area contributed by atoms with Gasteiger partial charge in [-0.1, -0.05) is 0 Å². The highest BCUT2D eigenvalue weighted by Gasteiger charge is 1.99. The third-order valence-corrected chi connectivity index (χ3v) is 0.862. The van der Waals surface area contributed by atoms with E-state index in [1.807, 2.05) is 6.07 Å². The van der Waals surface area contributed by atoms with E-state index in [-0.39, 0.29) is 0 Å². The first-order chi connectivity index (χ1) is 4.31. The average Bonchev–Trinajstić information content (AvgIpc) is 1.85. The quantitative estimate of drug-likeness (QED) is 0.567. The first-order valence-corrected chi connectivity index (χ1v) is 2.98. The summed E-state index contributed by atoms with van der Waals surface area (Å²) in [7, 11) is 0. The molecule has 0 spiro atoms. The Morgan fingerprint density at radius 2 is 2.44 bits per heavy atom. The molecule has 0 aromatic rings. The molecule has 1 atom stereocenters. The van der Waals surface area contributed by atoms with Crippen LogP contribution in [0.5, 0.6) is 0 Å². The summed E-state index contributed by atoms with van der Waals surface area (Å²) in [6, 6.07) is 1.92. The number of hydrogen-bond donors (Lipinski definition) is 1. The van der Waals surface area contributed by atoms with E-state index in [1.54, 1.807) is 6.92 Å². The maximum atomic E-state index is 8.81. The second-order valence-electron chi connectivity index (χ2n) is 1.61. The Bertz CT molecular complexity index is 97.7. The molecule has 0 rings (SSSR count). The van der Waals surface area contributed by atoms with Gasteiger partial charge in [-0.2, -0.15) is 5.26 Å². The number of ether oxygens (including phenoxy) is 1. The summed E-state index contributed by atoms with van der Waals surface area (Å²) in [6.45, 7) is 2.29. The molecule has 3 nitrogen and oxygen atoms in total. The molecule has 3 heteroatoms. The molecular formula is C6H11NO2. The Labute approximate surface area is 54.9 Å².